The lowest BCUT2D eigenvalue weighted by atomic mass is 10.2. The van der Waals surface area contributed by atoms with Gasteiger partial charge in [0.2, 0.25) is 0 Å². The molecule has 2 aliphatic rings. The van der Waals surface area contributed by atoms with Crippen LogP contribution in [0.5, 0.6) is 0 Å². The van der Waals surface area contributed by atoms with E-state index in [1.165, 1.54) is 12.8 Å². The van der Waals surface area contributed by atoms with E-state index >= 15 is 0 Å². The van der Waals surface area contributed by atoms with E-state index in [0.29, 0.717) is 0 Å². The molecule has 1 aromatic heterocycles. The Morgan fingerprint density at radius 1 is 1.25 bits per heavy atom. The molecular formula is C11H18N4O. The smallest absolute Gasteiger partial charge is 0.147 e. The highest BCUT2D eigenvalue weighted by molar-refractivity contribution is 4.99. The standard InChI is InChI=1S/C11H18N4O/c16-9-4-6-14(7-9)8-11-13-12-10-3-1-2-5-15(10)11/h9,16H,1-8H2. The number of hydrogen-bond acceptors (Lipinski definition) is 4. The Kier molecular flexibility index (Phi) is 2.65. The summed E-state index contributed by atoms with van der Waals surface area (Å²) in [6.45, 7) is 3.66. The normalized spacial score (nSPS) is 25.9. The molecule has 0 saturated carbocycles. The van der Waals surface area contributed by atoms with Crippen LogP contribution < -0.4 is 0 Å². The summed E-state index contributed by atoms with van der Waals surface area (Å²) < 4.78 is 2.26. The molecule has 3 rings (SSSR count). The van der Waals surface area contributed by atoms with E-state index in [-0.39, 0.29) is 6.10 Å². The fraction of sp³-hybridized carbons (Fsp3) is 0.818. The van der Waals surface area contributed by atoms with Crippen molar-refractivity contribution in [2.75, 3.05) is 13.1 Å². The van der Waals surface area contributed by atoms with Gasteiger partial charge >= 0.3 is 0 Å². The molecule has 5 nitrogen and oxygen atoms in total. The van der Waals surface area contributed by atoms with Crippen LogP contribution >= 0.6 is 0 Å². The van der Waals surface area contributed by atoms with Crippen molar-refractivity contribution in [3.05, 3.63) is 11.6 Å². The maximum absolute atomic E-state index is 9.48. The molecule has 0 bridgehead atoms. The third kappa shape index (κ3) is 1.85. The zero-order chi connectivity index (χ0) is 11.0. The predicted molar refractivity (Wildman–Crippen MR) is 58.9 cm³/mol. The molecule has 3 heterocycles. The van der Waals surface area contributed by atoms with Crippen LogP contribution in [-0.2, 0) is 19.5 Å². The molecule has 1 fully saturated rings. The van der Waals surface area contributed by atoms with E-state index in [2.05, 4.69) is 19.7 Å². The van der Waals surface area contributed by atoms with Gasteiger partial charge in [0, 0.05) is 26.1 Å². The van der Waals surface area contributed by atoms with Gasteiger partial charge < -0.3 is 9.67 Å². The molecular weight excluding hydrogens is 204 g/mol. The first-order valence-corrected chi connectivity index (χ1v) is 6.14. The maximum Gasteiger partial charge on any atom is 0.147 e. The van der Waals surface area contributed by atoms with Crippen LogP contribution in [-0.4, -0.2) is 44.0 Å². The molecule has 1 aromatic rings. The first-order valence-electron chi connectivity index (χ1n) is 6.14. The Morgan fingerprint density at radius 3 is 3.00 bits per heavy atom. The van der Waals surface area contributed by atoms with Crippen LogP contribution in [0, 0.1) is 0 Å². The first-order chi connectivity index (χ1) is 7.83. The summed E-state index contributed by atoms with van der Waals surface area (Å²) in [5, 5.41) is 18.0. The summed E-state index contributed by atoms with van der Waals surface area (Å²) in [5.41, 5.74) is 0. The summed E-state index contributed by atoms with van der Waals surface area (Å²) in [6, 6.07) is 0. The van der Waals surface area contributed by atoms with Gasteiger partial charge in [0.1, 0.15) is 11.6 Å². The van der Waals surface area contributed by atoms with Crippen LogP contribution in [0.2, 0.25) is 0 Å². The Balaban J connectivity index is 1.72. The SMILES string of the molecule is OC1CCN(Cc2nnc3n2CCCC3)C1. The molecule has 0 radical (unpaired) electrons. The number of fused-ring (bicyclic) bond motifs is 1. The van der Waals surface area contributed by atoms with Gasteiger partial charge in [-0.1, -0.05) is 0 Å². The van der Waals surface area contributed by atoms with Gasteiger partial charge in [-0.25, -0.2) is 0 Å². The fourth-order valence-electron chi connectivity index (χ4n) is 2.64. The highest BCUT2D eigenvalue weighted by Gasteiger charge is 2.23. The minimum absolute atomic E-state index is 0.149. The zero-order valence-electron chi connectivity index (χ0n) is 9.47. The van der Waals surface area contributed by atoms with Crippen LogP contribution in [0.1, 0.15) is 30.9 Å². The van der Waals surface area contributed by atoms with E-state index in [9.17, 15) is 5.11 Å². The van der Waals surface area contributed by atoms with Crippen molar-refractivity contribution in [2.24, 2.45) is 0 Å². The second-order valence-corrected chi connectivity index (χ2v) is 4.82. The summed E-state index contributed by atoms with van der Waals surface area (Å²) in [6.07, 6.45) is 4.28. The van der Waals surface area contributed by atoms with Gasteiger partial charge in [-0.2, -0.15) is 0 Å². The number of likely N-dealkylation sites (tertiary alicyclic amines) is 1. The minimum Gasteiger partial charge on any atom is -0.392 e. The van der Waals surface area contributed by atoms with Gasteiger partial charge in [-0.05, 0) is 19.3 Å². The molecule has 0 spiro atoms. The topological polar surface area (TPSA) is 54.2 Å². The molecule has 16 heavy (non-hydrogen) atoms. The first kappa shape index (κ1) is 10.2. The number of nitrogens with zero attached hydrogens (tertiary/aromatic N) is 4. The van der Waals surface area contributed by atoms with Crippen LogP contribution in [0.25, 0.3) is 0 Å². The zero-order valence-corrected chi connectivity index (χ0v) is 9.47. The molecule has 0 aromatic carbocycles. The third-order valence-electron chi connectivity index (χ3n) is 3.55. The highest BCUT2D eigenvalue weighted by Crippen LogP contribution is 2.17. The van der Waals surface area contributed by atoms with Gasteiger partial charge in [0.15, 0.2) is 0 Å². The van der Waals surface area contributed by atoms with E-state index in [1.54, 1.807) is 0 Å². The van der Waals surface area contributed by atoms with E-state index in [1.807, 2.05) is 0 Å². The Labute approximate surface area is 95.1 Å². The summed E-state index contributed by atoms with van der Waals surface area (Å²) in [5.74, 6) is 2.21. The van der Waals surface area contributed by atoms with Crippen LogP contribution in [0.4, 0.5) is 0 Å². The highest BCUT2D eigenvalue weighted by atomic mass is 16.3. The maximum atomic E-state index is 9.48. The Morgan fingerprint density at radius 2 is 2.19 bits per heavy atom. The van der Waals surface area contributed by atoms with E-state index in [4.69, 9.17) is 0 Å². The Hall–Kier alpha value is -0.940. The average Bonchev–Trinajstić information content (AvgIpc) is 2.87. The third-order valence-corrected chi connectivity index (χ3v) is 3.55. The summed E-state index contributed by atoms with van der Waals surface area (Å²) in [7, 11) is 0. The monoisotopic (exact) mass is 222 g/mol. The van der Waals surface area contributed by atoms with Crippen molar-refractivity contribution in [3.63, 3.8) is 0 Å². The number of aliphatic hydroxyl groups excluding tert-OH is 1. The lowest BCUT2D eigenvalue weighted by Crippen LogP contribution is -2.24. The molecule has 0 amide bonds. The Bertz CT molecular complexity index is 376. The predicted octanol–water partition coefficient (Wildman–Crippen LogP) is 0.181. The average molecular weight is 222 g/mol. The van der Waals surface area contributed by atoms with Gasteiger partial charge in [-0.3, -0.25) is 4.90 Å². The van der Waals surface area contributed by atoms with Crippen molar-refractivity contribution in [2.45, 2.75) is 44.9 Å². The molecule has 1 atom stereocenters. The number of hydrogen-bond donors (Lipinski definition) is 1. The van der Waals surface area contributed by atoms with Gasteiger partial charge in [0.25, 0.3) is 0 Å². The molecule has 1 saturated heterocycles. The number of rotatable bonds is 2. The molecule has 1 N–H and O–H groups in total. The quantitative estimate of drug-likeness (QED) is 0.775. The number of aryl methyl sites for hydroxylation is 1. The van der Waals surface area contributed by atoms with E-state index in [0.717, 1.165) is 50.7 Å². The number of β-amino-alcohol motifs (C(OH)–C–C–N with tert-alkyl or cyclic N) is 1. The summed E-state index contributed by atoms with van der Waals surface area (Å²) >= 11 is 0. The molecule has 0 aliphatic carbocycles. The summed E-state index contributed by atoms with van der Waals surface area (Å²) in [4.78, 5) is 2.26. The second-order valence-electron chi connectivity index (χ2n) is 4.82. The fourth-order valence-corrected chi connectivity index (χ4v) is 2.64. The molecule has 88 valence electrons. The lowest BCUT2D eigenvalue weighted by molar-refractivity contribution is 0.173. The van der Waals surface area contributed by atoms with Crippen LogP contribution in [0.15, 0.2) is 0 Å². The van der Waals surface area contributed by atoms with Gasteiger partial charge in [0.05, 0.1) is 12.6 Å². The van der Waals surface area contributed by atoms with E-state index < -0.39 is 0 Å². The lowest BCUT2D eigenvalue weighted by Gasteiger charge is -2.18. The molecule has 1 unspecified atom stereocenters. The number of aliphatic hydroxyl groups is 1. The number of aromatic nitrogens is 3. The van der Waals surface area contributed by atoms with Crippen molar-refractivity contribution < 1.29 is 5.11 Å². The minimum atomic E-state index is -0.149. The van der Waals surface area contributed by atoms with Crippen molar-refractivity contribution in [1.82, 2.24) is 19.7 Å². The largest absolute Gasteiger partial charge is 0.392 e. The van der Waals surface area contributed by atoms with Crippen molar-refractivity contribution in [3.8, 4) is 0 Å². The molecule has 5 heteroatoms. The van der Waals surface area contributed by atoms with Gasteiger partial charge in [-0.15, -0.1) is 10.2 Å². The van der Waals surface area contributed by atoms with Crippen molar-refractivity contribution >= 4 is 0 Å². The van der Waals surface area contributed by atoms with Crippen molar-refractivity contribution in [1.29, 1.82) is 0 Å². The molecule has 2 aliphatic heterocycles. The second kappa shape index (κ2) is 4.14. The van der Waals surface area contributed by atoms with Crippen LogP contribution in [0.3, 0.4) is 0 Å².